The first-order valence-electron chi connectivity index (χ1n) is 6.57. The summed E-state index contributed by atoms with van der Waals surface area (Å²) in [5, 5.41) is 9.85. The van der Waals surface area contributed by atoms with Crippen LogP contribution in [0.2, 0.25) is 0 Å². The van der Waals surface area contributed by atoms with Gasteiger partial charge in [0.05, 0.1) is 11.5 Å². The zero-order valence-corrected chi connectivity index (χ0v) is 11.3. The normalized spacial score (nSPS) is 21.6. The van der Waals surface area contributed by atoms with Crippen LogP contribution in [-0.4, -0.2) is 41.1 Å². The lowest BCUT2D eigenvalue weighted by Gasteiger charge is -2.37. The molecule has 0 spiro atoms. The maximum absolute atomic E-state index is 12.2. The maximum Gasteiger partial charge on any atom is 0.226 e. The lowest BCUT2D eigenvalue weighted by Crippen LogP contribution is -2.48. The first-order chi connectivity index (χ1) is 7.85. The predicted molar refractivity (Wildman–Crippen MR) is 68.4 cm³/mol. The zero-order chi connectivity index (χ0) is 13.1. The first kappa shape index (κ1) is 14.5. The molecule has 0 aliphatic carbocycles. The van der Waals surface area contributed by atoms with Gasteiger partial charge in [0.25, 0.3) is 0 Å². The lowest BCUT2D eigenvalue weighted by molar-refractivity contribution is -0.139. The van der Waals surface area contributed by atoms with Gasteiger partial charge in [0.2, 0.25) is 5.91 Å². The predicted octanol–water partition coefficient (Wildman–Crippen LogP) is 0.981. The van der Waals surface area contributed by atoms with Gasteiger partial charge in [-0.05, 0) is 32.1 Å². The van der Waals surface area contributed by atoms with Crippen molar-refractivity contribution in [2.24, 2.45) is 17.6 Å². The maximum atomic E-state index is 12.2. The minimum absolute atomic E-state index is 0.0574. The van der Waals surface area contributed by atoms with Gasteiger partial charge in [-0.1, -0.05) is 13.8 Å². The van der Waals surface area contributed by atoms with Crippen LogP contribution < -0.4 is 5.73 Å². The number of hydrogen-bond donors (Lipinski definition) is 2. The van der Waals surface area contributed by atoms with E-state index in [-0.39, 0.29) is 11.8 Å². The molecule has 1 rings (SSSR count). The van der Waals surface area contributed by atoms with Gasteiger partial charge >= 0.3 is 0 Å². The van der Waals surface area contributed by atoms with Crippen LogP contribution in [0.3, 0.4) is 0 Å². The molecule has 1 fully saturated rings. The standard InChI is InChI=1S/C13H26N2O2/c1-10(2)8-11(9-14)12(16)15-6-4-13(3,17)5-7-15/h10-11,17H,4-9,14H2,1-3H3. The zero-order valence-electron chi connectivity index (χ0n) is 11.3. The number of rotatable bonds is 4. The Morgan fingerprint density at radius 1 is 1.41 bits per heavy atom. The summed E-state index contributed by atoms with van der Waals surface area (Å²) in [6.45, 7) is 7.78. The molecule has 100 valence electrons. The molecule has 1 atom stereocenters. The molecule has 0 aromatic rings. The van der Waals surface area contributed by atoms with Crippen molar-refractivity contribution in [3.8, 4) is 0 Å². The van der Waals surface area contributed by atoms with Gasteiger partial charge in [0.15, 0.2) is 0 Å². The first-order valence-corrected chi connectivity index (χ1v) is 6.57. The highest BCUT2D eigenvalue weighted by atomic mass is 16.3. The average molecular weight is 242 g/mol. The molecule has 4 heteroatoms. The van der Waals surface area contributed by atoms with E-state index >= 15 is 0 Å². The van der Waals surface area contributed by atoms with Crippen molar-refractivity contribution in [2.45, 2.75) is 45.6 Å². The van der Waals surface area contributed by atoms with Crippen LogP contribution in [0.5, 0.6) is 0 Å². The highest BCUT2D eigenvalue weighted by Crippen LogP contribution is 2.23. The molecular weight excluding hydrogens is 216 g/mol. The molecule has 1 aliphatic heterocycles. The molecule has 0 bridgehead atoms. The largest absolute Gasteiger partial charge is 0.390 e. The van der Waals surface area contributed by atoms with Gasteiger partial charge in [-0.3, -0.25) is 4.79 Å². The minimum Gasteiger partial charge on any atom is -0.390 e. The van der Waals surface area contributed by atoms with E-state index in [1.807, 2.05) is 11.8 Å². The van der Waals surface area contributed by atoms with Crippen LogP contribution in [-0.2, 0) is 4.79 Å². The van der Waals surface area contributed by atoms with Crippen molar-refractivity contribution in [1.29, 1.82) is 0 Å². The summed E-state index contributed by atoms with van der Waals surface area (Å²) < 4.78 is 0. The van der Waals surface area contributed by atoms with Crippen LogP contribution in [0.15, 0.2) is 0 Å². The van der Waals surface area contributed by atoms with Gasteiger partial charge in [0.1, 0.15) is 0 Å². The van der Waals surface area contributed by atoms with Crippen molar-refractivity contribution >= 4 is 5.91 Å². The Labute approximate surface area is 104 Å². The second-order valence-electron chi connectivity index (χ2n) is 5.88. The third-order valence-corrected chi connectivity index (χ3v) is 3.54. The number of amides is 1. The molecule has 1 aliphatic rings. The lowest BCUT2D eigenvalue weighted by atomic mass is 9.91. The summed E-state index contributed by atoms with van der Waals surface area (Å²) in [5.41, 5.74) is 5.08. The molecule has 1 heterocycles. The van der Waals surface area contributed by atoms with E-state index in [1.54, 1.807) is 0 Å². The van der Waals surface area contributed by atoms with Crippen molar-refractivity contribution in [1.82, 2.24) is 4.90 Å². The van der Waals surface area contributed by atoms with E-state index in [0.29, 0.717) is 38.4 Å². The molecule has 0 aromatic heterocycles. The highest BCUT2D eigenvalue weighted by Gasteiger charge is 2.32. The topological polar surface area (TPSA) is 66.6 Å². The summed E-state index contributed by atoms with van der Waals surface area (Å²) in [6, 6.07) is 0. The summed E-state index contributed by atoms with van der Waals surface area (Å²) in [5.74, 6) is 0.593. The SMILES string of the molecule is CC(C)CC(CN)C(=O)N1CCC(C)(O)CC1. The number of nitrogens with two attached hydrogens (primary N) is 1. The van der Waals surface area contributed by atoms with Crippen LogP contribution >= 0.6 is 0 Å². The summed E-state index contributed by atoms with van der Waals surface area (Å²) >= 11 is 0. The molecule has 1 amide bonds. The number of carbonyl (C=O) groups is 1. The summed E-state index contributed by atoms with van der Waals surface area (Å²) in [6.07, 6.45) is 2.18. The highest BCUT2D eigenvalue weighted by molar-refractivity contribution is 5.79. The Kier molecular flexibility index (Phi) is 4.95. The van der Waals surface area contributed by atoms with Crippen molar-refractivity contribution in [3.05, 3.63) is 0 Å². The number of likely N-dealkylation sites (tertiary alicyclic amines) is 1. The fourth-order valence-corrected chi connectivity index (χ4v) is 2.33. The van der Waals surface area contributed by atoms with Gasteiger partial charge in [-0.2, -0.15) is 0 Å². The summed E-state index contributed by atoms with van der Waals surface area (Å²) in [7, 11) is 0. The second kappa shape index (κ2) is 5.83. The molecule has 1 saturated heterocycles. The van der Waals surface area contributed by atoms with Gasteiger partial charge in [-0.15, -0.1) is 0 Å². The molecule has 17 heavy (non-hydrogen) atoms. The Bertz CT molecular complexity index is 254. The van der Waals surface area contributed by atoms with Crippen molar-refractivity contribution < 1.29 is 9.90 Å². The third-order valence-electron chi connectivity index (χ3n) is 3.54. The van der Waals surface area contributed by atoms with Crippen LogP contribution in [0, 0.1) is 11.8 Å². The molecule has 1 unspecified atom stereocenters. The average Bonchev–Trinajstić information content (AvgIpc) is 2.24. The molecule has 0 radical (unpaired) electrons. The smallest absolute Gasteiger partial charge is 0.226 e. The van der Waals surface area contributed by atoms with E-state index in [9.17, 15) is 9.90 Å². The molecule has 0 aromatic carbocycles. The molecular formula is C13H26N2O2. The number of aliphatic hydroxyl groups is 1. The van der Waals surface area contributed by atoms with E-state index in [1.165, 1.54) is 0 Å². The van der Waals surface area contributed by atoms with Crippen LogP contribution in [0.25, 0.3) is 0 Å². The monoisotopic (exact) mass is 242 g/mol. The number of piperidine rings is 1. The van der Waals surface area contributed by atoms with E-state index < -0.39 is 5.60 Å². The summed E-state index contributed by atoms with van der Waals surface area (Å²) in [4.78, 5) is 14.1. The van der Waals surface area contributed by atoms with E-state index in [2.05, 4.69) is 13.8 Å². The van der Waals surface area contributed by atoms with Crippen LogP contribution in [0.1, 0.15) is 40.0 Å². The quantitative estimate of drug-likeness (QED) is 0.772. The second-order valence-corrected chi connectivity index (χ2v) is 5.88. The molecule has 4 nitrogen and oxygen atoms in total. The fourth-order valence-electron chi connectivity index (χ4n) is 2.33. The van der Waals surface area contributed by atoms with Crippen molar-refractivity contribution in [3.63, 3.8) is 0 Å². The van der Waals surface area contributed by atoms with Crippen molar-refractivity contribution in [2.75, 3.05) is 19.6 Å². The van der Waals surface area contributed by atoms with E-state index in [0.717, 1.165) is 6.42 Å². The van der Waals surface area contributed by atoms with E-state index in [4.69, 9.17) is 5.73 Å². The number of hydrogen-bond acceptors (Lipinski definition) is 3. The van der Waals surface area contributed by atoms with Gasteiger partial charge < -0.3 is 15.7 Å². The van der Waals surface area contributed by atoms with Crippen LogP contribution in [0.4, 0.5) is 0 Å². The Morgan fingerprint density at radius 3 is 2.35 bits per heavy atom. The molecule has 3 N–H and O–H groups in total. The Hall–Kier alpha value is -0.610. The third kappa shape index (κ3) is 4.28. The number of nitrogens with zero attached hydrogens (tertiary/aromatic N) is 1. The van der Waals surface area contributed by atoms with Gasteiger partial charge in [0, 0.05) is 19.6 Å². The fraction of sp³-hybridized carbons (Fsp3) is 0.923. The van der Waals surface area contributed by atoms with Gasteiger partial charge in [-0.25, -0.2) is 0 Å². The molecule has 0 saturated carbocycles. The Morgan fingerprint density at radius 2 is 1.94 bits per heavy atom. The Balaban J connectivity index is 2.52. The minimum atomic E-state index is -0.604. The number of carbonyl (C=O) groups excluding carboxylic acids is 1.